The fourth-order valence-corrected chi connectivity index (χ4v) is 11.7. The van der Waals surface area contributed by atoms with E-state index >= 15 is 0 Å². The van der Waals surface area contributed by atoms with E-state index in [4.69, 9.17) is 19.9 Å². The van der Waals surface area contributed by atoms with Crippen LogP contribution in [0, 0.1) is 56.7 Å². The number of carbonyl (C=O) groups is 3. The molecule has 0 aromatic rings. The Morgan fingerprint density at radius 2 is 1.73 bits per heavy atom. The second-order valence-corrected chi connectivity index (χ2v) is 17.0. The summed E-state index contributed by atoms with van der Waals surface area (Å²) in [6.07, 6.45) is 7.37. The molecule has 5 rings (SSSR count). The Balaban J connectivity index is 1.58. The van der Waals surface area contributed by atoms with Gasteiger partial charge in [-0.2, -0.15) is 0 Å². The predicted octanol–water partition coefficient (Wildman–Crippen LogP) is 6.55. The third kappa shape index (κ3) is 4.93. The summed E-state index contributed by atoms with van der Waals surface area (Å²) in [4.78, 5) is 39.0. The molecule has 3 saturated carbocycles. The van der Waals surface area contributed by atoms with Crippen molar-refractivity contribution >= 4 is 17.9 Å². The smallest absolute Gasteiger partial charge is 0.323 e. The van der Waals surface area contributed by atoms with Crippen LogP contribution < -0.4 is 5.73 Å². The van der Waals surface area contributed by atoms with Gasteiger partial charge in [-0.25, -0.2) is 0 Å². The van der Waals surface area contributed by atoms with Gasteiger partial charge in [-0.15, -0.1) is 0 Å². The summed E-state index contributed by atoms with van der Waals surface area (Å²) in [6.45, 7) is 20.0. The highest BCUT2D eigenvalue weighted by molar-refractivity contribution is 5.76. The predicted molar refractivity (Wildman–Crippen MR) is 172 cm³/mol. The molecule has 8 heteroatoms. The average molecular weight is 630 g/mol. The van der Waals surface area contributed by atoms with Gasteiger partial charge in [0.15, 0.2) is 0 Å². The topological polar surface area (TPSA) is 125 Å². The Kier molecular flexibility index (Phi) is 8.90. The molecule has 1 heterocycles. The van der Waals surface area contributed by atoms with E-state index in [0.717, 1.165) is 32.1 Å². The Morgan fingerprint density at radius 3 is 2.33 bits per heavy atom. The number of ether oxygens (including phenoxy) is 3. The molecule has 1 saturated heterocycles. The number of rotatable bonds is 8. The molecule has 0 aromatic heterocycles. The van der Waals surface area contributed by atoms with Crippen LogP contribution in [0.1, 0.15) is 114 Å². The maximum Gasteiger partial charge on any atom is 0.323 e. The van der Waals surface area contributed by atoms with Crippen molar-refractivity contribution in [2.24, 2.45) is 62.4 Å². The lowest BCUT2D eigenvalue weighted by Crippen LogP contribution is -2.70. The molecule has 254 valence electrons. The standard InChI is InChI=1S/C37H59NO7/c1-10-11-26(38)32(42)45-30-27(44-23(5)39)18-37-20-43-19-34(30,7)28(37)13-12-24-25(37)14-15-36(9)29(31(40)41)33(6,22(4)21(2)3)16-17-35(24,36)8/h14,21-22,24,26-30H,10-13,15-20,38H2,1-9H3,(H,40,41)/t22-,24+,26?,27-,28+,29-,30+,33-,34-,35-,36+,37+/m1/s1. The fourth-order valence-electron chi connectivity index (χ4n) is 11.7. The van der Waals surface area contributed by atoms with Crippen LogP contribution >= 0.6 is 0 Å². The molecule has 0 amide bonds. The molecule has 0 radical (unpaired) electrons. The normalized spacial score (nSPS) is 45.2. The van der Waals surface area contributed by atoms with Crippen LogP contribution in [0.5, 0.6) is 0 Å². The molecule has 12 atom stereocenters. The number of carboxylic acids is 1. The lowest BCUT2D eigenvalue weighted by atomic mass is 9.34. The van der Waals surface area contributed by atoms with E-state index in [2.05, 4.69) is 54.5 Å². The fraction of sp³-hybridized carbons (Fsp3) is 0.865. The maximum absolute atomic E-state index is 13.3. The van der Waals surface area contributed by atoms with Gasteiger partial charge < -0.3 is 25.1 Å². The van der Waals surface area contributed by atoms with E-state index in [0.29, 0.717) is 38.4 Å². The monoisotopic (exact) mass is 629 g/mol. The first-order valence-corrected chi connectivity index (χ1v) is 17.6. The minimum atomic E-state index is -0.722. The van der Waals surface area contributed by atoms with Gasteiger partial charge >= 0.3 is 17.9 Å². The Bertz CT molecular complexity index is 1230. The van der Waals surface area contributed by atoms with Crippen molar-refractivity contribution in [3.05, 3.63) is 11.6 Å². The van der Waals surface area contributed by atoms with Crippen LogP contribution in [0.3, 0.4) is 0 Å². The van der Waals surface area contributed by atoms with Crippen LogP contribution in [0.2, 0.25) is 0 Å². The van der Waals surface area contributed by atoms with Crippen molar-refractivity contribution < 1.29 is 33.7 Å². The number of hydrogen-bond donors (Lipinski definition) is 2. The zero-order valence-corrected chi connectivity index (χ0v) is 29.2. The SMILES string of the molecule is CCCC(N)C(=O)O[C@H]1[C@H](OC(C)=O)C[C@@]23COC[C@]1(C)[C@@H]2CC[C@H]1C3=CC[C@@]2(C)[C@H](C(=O)O)[C@@](C)([C@H](C)C(C)C)CC[C@]12C. The van der Waals surface area contributed by atoms with Gasteiger partial charge in [0.25, 0.3) is 0 Å². The second-order valence-electron chi connectivity index (χ2n) is 17.0. The summed E-state index contributed by atoms with van der Waals surface area (Å²) in [7, 11) is 0. The summed E-state index contributed by atoms with van der Waals surface area (Å²) in [5.74, 6) is -0.929. The van der Waals surface area contributed by atoms with Crippen LogP contribution in [0.15, 0.2) is 11.6 Å². The van der Waals surface area contributed by atoms with Gasteiger partial charge in [0, 0.05) is 17.8 Å². The lowest BCUT2D eigenvalue weighted by molar-refractivity contribution is -0.263. The van der Waals surface area contributed by atoms with E-state index in [1.165, 1.54) is 12.5 Å². The van der Waals surface area contributed by atoms with E-state index in [-0.39, 0.29) is 34.0 Å². The third-order valence-corrected chi connectivity index (χ3v) is 14.5. The molecule has 8 nitrogen and oxygen atoms in total. The molecule has 45 heavy (non-hydrogen) atoms. The van der Waals surface area contributed by atoms with Crippen molar-refractivity contribution in [1.29, 1.82) is 0 Å². The Morgan fingerprint density at radius 1 is 1.04 bits per heavy atom. The maximum atomic E-state index is 13.3. The average Bonchev–Trinajstić information content (AvgIpc) is 2.94. The summed E-state index contributed by atoms with van der Waals surface area (Å²) >= 11 is 0. The van der Waals surface area contributed by atoms with E-state index in [9.17, 15) is 19.5 Å². The molecule has 1 aliphatic heterocycles. The summed E-state index contributed by atoms with van der Waals surface area (Å²) in [5.41, 5.74) is 5.69. The summed E-state index contributed by atoms with van der Waals surface area (Å²) in [6, 6.07) is -0.722. The van der Waals surface area contributed by atoms with Gasteiger partial charge in [-0.1, -0.05) is 73.5 Å². The second kappa shape index (κ2) is 11.6. The first kappa shape index (κ1) is 34.4. The number of fused-ring (bicyclic) bond motifs is 3. The van der Waals surface area contributed by atoms with Crippen molar-refractivity contribution in [3.63, 3.8) is 0 Å². The van der Waals surface area contributed by atoms with Gasteiger partial charge in [-0.05, 0) is 84.9 Å². The zero-order valence-electron chi connectivity index (χ0n) is 29.2. The minimum absolute atomic E-state index is 0.173. The summed E-state index contributed by atoms with van der Waals surface area (Å²) < 4.78 is 18.7. The minimum Gasteiger partial charge on any atom is -0.481 e. The molecule has 3 N–H and O–H groups in total. The van der Waals surface area contributed by atoms with Gasteiger partial charge in [0.05, 0.1) is 19.1 Å². The molecular formula is C37H59NO7. The Hall–Kier alpha value is -1.93. The van der Waals surface area contributed by atoms with E-state index in [1.54, 1.807) is 0 Å². The largest absolute Gasteiger partial charge is 0.481 e. The number of allylic oxidation sites excluding steroid dienone is 1. The Labute approximate surface area is 270 Å². The van der Waals surface area contributed by atoms with Crippen LogP contribution in [-0.2, 0) is 28.6 Å². The number of hydrogen-bond acceptors (Lipinski definition) is 7. The van der Waals surface area contributed by atoms with Crippen LogP contribution in [-0.4, -0.2) is 54.5 Å². The van der Waals surface area contributed by atoms with Crippen molar-refractivity contribution in [3.8, 4) is 0 Å². The molecule has 1 unspecified atom stereocenters. The van der Waals surface area contributed by atoms with Crippen molar-refractivity contribution in [1.82, 2.24) is 0 Å². The van der Waals surface area contributed by atoms with E-state index in [1.807, 2.05) is 6.92 Å². The number of carbonyl (C=O) groups excluding carboxylic acids is 2. The molecule has 0 spiro atoms. The first-order valence-electron chi connectivity index (χ1n) is 17.6. The van der Waals surface area contributed by atoms with Crippen LogP contribution in [0.4, 0.5) is 0 Å². The molecule has 2 bridgehead atoms. The number of esters is 2. The van der Waals surface area contributed by atoms with Gasteiger partial charge in [-0.3, -0.25) is 14.4 Å². The molecular weight excluding hydrogens is 570 g/mol. The third-order valence-electron chi connectivity index (χ3n) is 14.5. The highest BCUT2D eigenvalue weighted by atomic mass is 16.6. The van der Waals surface area contributed by atoms with Crippen molar-refractivity contribution in [2.75, 3.05) is 13.2 Å². The highest BCUT2D eigenvalue weighted by Crippen LogP contribution is 2.75. The van der Waals surface area contributed by atoms with Crippen molar-refractivity contribution in [2.45, 2.75) is 132 Å². The molecule has 0 aromatic carbocycles. The first-order chi connectivity index (χ1) is 20.9. The van der Waals surface area contributed by atoms with Gasteiger partial charge in [0.2, 0.25) is 0 Å². The number of nitrogens with two attached hydrogens (primary N) is 1. The molecule has 5 aliphatic rings. The quantitative estimate of drug-likeness (QED) is 0.229. The number of aliphatic carboxylic acids is 1. The highest BCUT2D eigenvalue weighted by Gasteiger charge is 2.72. The lowest BCUT2D eigenvalue weighted by Gasteiger charge is -2.71. The van der Waals surface area contributed by atoms with E-state index < -0.39 is 52.9 Å². The molecule has 4 fully saturated rings. The van der Waals surface area contributed by atoms with Gasteiger partial charge in [0.1, 0.15) is 18.2 Å². The van der Waals surface area contributed by atoms with Crippen LogP contribution in [0.25, 0.3) is 0 Å². The summed E-state index contributed by atoms with van der Waals surface area (Å²) in [5, 5.41) is 10.9. The molecule has 4 aliphatic carbocycles. The zero-order chi connectivity index (χ0) is 33.3. The number of carboxylic acid groups (broad SMARTS) is 1.